The molecular weight excluding hydrogens is 952 g/mol. The lowest BCUT2D eigenvalue weighted by Crippen LogP contribution is -2.26. The second kappa shape index (κ2) is 27.7. The van der Waals surface area contributed by atoms with Crippen LogP contribution in [0.15, 0.2) is 140 Å². The van der Waals surface area contributed by atoms with Crippen molar-refractivity contribution in [2.24, 2.45) is 0 Å². The van der Waals surface area contributed by atoms with Crippen LogP contribution in [0.3, 0.4) is 0 Å². The average molecular weight is 1020 g/mol. The van der Waals surface area contributed by atoms with Gasteiger partial charge in [-0.25, -0.2) is 9.18 Å². The summed E-state index contributed by atoms with van der Waals surface area (Å²) in [6, 6.07) is 42.8. The Morgan fingerprint density at radius 2 is 1.33 bits per heavy atom. The highest BCUT2D eigenvalue weighted by Crippen LogP contribution is 2.43. The molecule has 72 heavy (non-hydrogen) atoms. The summed E-state index contributed by atoms with van der Waals surface area (Å²) in [5.41, 5.74) is 7.16. The van der Waals surface area contributed by atoms with E-state index in [0.29, 0.717) is 58.2 Å². The third-order valence-electron chi connectivity index (χ3n) is 11.8. The molecule has 3 atom stereocenters. The van der Waals surface area contributed by atoms with E-state index in [9.17, 15) is 29.0 Å². The molecule has 0 fully saturated rings. The van der Waals surface area contributed by atoms with Crippen LogP contribution in [0.1, 0.15) is 93.4 Å². The Morgan fingerprint density at radius 3 is 1.96 bits per heavy atom. The minimum Gasteiger partial charge on any atom is -0.490 e. The number of nitrogens with one attached hydrogen (secondary N) is 1. The lowest BCUT2D eigenvalue weighted by atomic mass is 9.86. The Balaban J connectivity index is 0.952. The number of ether oxygens (including phenoxy) is 4. The van der Waals surface area contributed by atoms with Crippen molar-refractivity contribution in [2.45, 2.75) is 103 Å². The number of amides is 1. The molecule has 14 heteroatoms. The Hall–Kier alpha value is -6.06. The van der Waals surface area contributed by atoms with Gasteiger partial charge in [0.15, 0.2) is 0 Å². The summed E-state index contributed by atoms with van der Waals surface area (Å²) in [5, 5.41) is 25.2. The van der Waals surface area contributed by atoms with Crippen molar-refractivity contribution < 1.29 is 47.9 Å². The van der Waals surface area contributed by atoms with Crippen molar-refractivity contribution in [1.29, 1.82) is 0 Å². The van der Waals surface area contributed by atoms with Crippen molar-refractivity contribution in [3.63, 3.8) is 0 Å². The zero-order chi connectivity index (χ0) is 51.5. The first-order valence-electron chi connectivity index (χ1n) is 24.5. The Labute approximate surface area is 431 Å². The molecule has 0 aliphatic heterocycles. The first-order valence-corrected chi connectivity index (χ1v) is 27.0. The molecule has 6 rings (SSSR count). The monoisotopic (exact) mass is 1020 g/mol. The zero-order valence-electron chi connectivity index (χ0n) is 41.8. The first kappa shape index (κ1) is 55.3. The van der Waals surface area contributed by atoms with Crippen LogP contribution >= 0.6 is 21.6 Å². The average Bonchev–Trinajstić information content (AvgIpc) is 3.71. The summed E-state index contributed by atoms with van der Waals surface area (Å²) in [4.78, 5) is 39.8. The molecule has 382 valence electrons. The number of hydrogen-bond acceptors (Lipinski definition) is 11. The van der Waals surface area contributed by atoms with Crippen LogP contribution in [-0.2, 0) is 37.4 Å². The summed E-state index contributed by atoms with van der Waals surface area (Å²) in [6.07, 6.45) is -2.38. The van der Waals surface area contributed by atoms with Gasteiger partial charge in [0.05, 0.1) is 29.9 Å². The minimum atomic E-state index is -1.16. The predicted molar refractivity (Wildman–Crippen MR) is 287 cm³/mol. The molecule has 0 radical (unpaired) electrons. The molecule has 0 spiro atoms. The number of nitrogens with zero attached hydrogens (tertiary/aromatic N) is 1. The molecule has 1 heterocycles. The fraction of sp³-hybridized carbons (Fsp3) is 0.362. The molecule has 1 unspecified atom stereocenters. The van der Waals surface area contributed by atoms with Crippen LogP contribution in [-0.4, -0.2) is 82.5 Å². The lowest BCUT2D eigenvalue weighted by molar-refractivity contribution is -0.145. The summed E-state index contributed by atoms with van der Waals surface area (Å²) >= 11 is 0. The van der Waals surface area contributed by atoms with Gasteiger partial charge in [0.25, 0.3) is 5.91 Å². The number of aliphatic hydroxyl groups is 2. The van der Waals surface area contributed by atoms with Crippen LogP contribution in [0.2, 0.25) is 0 Å². The van der Waals surface area contributed by atoms with Crippen molar-refractivity contribution in [2.75, 3.05) is 36.6 Å². The van der Waals surface area contributed by atoms with Gasteiger partial charge < -0.3 is 39.0 Å². The predicted octanol–water partition coefficient (Wildman–Crippen LogP) is 12.7. The maximum absolute atomic E-state index is 14.4. The van der Waals surface area contributed by atoms with E-state index < -0.39 is 36.3 Å². The van der Waals surface area contributed by atoms with Gasteiger partial charge in [0.1, 0.15) is 37.5 Å². The van der Waals surface area contributed by atoms with E-state index in [4.69, 9.17) is 18.9 Å². The molecule has 1 amide bonds. The van der Waals surface area contributed by atoms with E-state index in [-0.39, 0.29) is 62.9 Å². The molecule has 6 aromatic rings. The number of esters is 1. The molecule has 3 N–H and O–H groups in total. The second-order valence-electron chi connectivity index (χ2n) is 18.8. The summed E-state index contributed by atoms with van der Waals surface area (Å²) in [5.74, 6) is 0.203. The fourth-order valence-electron chi connectivity index (χ4n) is 8.27. The molecule has 0 saturated carbocycles. The Bertz CT molecular complexity index is 2610. The number of hydrogen-bond donors (Lipinski definition) is 3. The molecule has 11 nitrogen and oxygen atoms in total. The lowest BCUT2D eigenvalue weighted by Gasteiger charge is -2.20. The fourth-order valence-corrected chi connectivity index (χ4v) is 9.92. The molecule has 0 saturated heterocycles. The standard InChI is InChI=1S/C58H67FN2O9S2/c1-40(2)54-53(56(65)60-46-17-11-7-12-18-46)52(42-15-9-6-10-16-42)55(43-24-28-45(59)29-25-43)61(54)32-31-47(62)37-48(63)38-51(64)67-33-35-71-72-36-34-68-57(66)70-50(39-69-49-19-13-8-14-20-49)30-23-41-21-26-44(27-22-41)58(3,4)5/h6-22,24-29,40,47-48,50,62-63H,23,30-39H2,1-5H3,(H,60,65)/t47-,48-,50?/m1/s1. The maximum Gasteiger partial charge on any atom is 0.508 e. The van der Waals surface area contributed by atoms with E-state index in [2.05, 4.69) is 50.4 Å². The minimum absolute atomic E-state index is 0.0563. The smallest absolute Gasteiger partial charge is 0.490 e. The third-order valence-corrected chi connectivity index (χ3v) is 14.2. The first-order chi connectivity index (χ1) is 34.7. The van der Waals surface area contributed by atoms with Crippen molar-refractivity contribution >= 4 is 45.3 Å². The van der Waals surface area contributed by atoms with Gasteiger partial charge in [0.2, 0.25) is 0 Å². The van der Waals surface area contributed by atoms with E-state index in [1.165, 1.54) is 39.3 Å². The van der Waals surface area contributed by atoms with Gasteiger partial charge in [-0.2, -0.15) is 0 Å². The van der Waals surface area contributed by atoms with Gasteiger partial charge in [0, 0.05) is 35.0 Å². The Kier molecular flexibility index (Phi) is 21.2. The van der Waals surface area contributed by atoms with Crippen molar-refractivity contribution in [3.05, 3.63) is 168 Å². The van der Waals surface area contributed by atoms with Crippen molar-refractivity contribution in [1.82, 2.24) is 4.57 Å². The molecule has 0 aliphatic rings. The number of carbonyl (C=O) groups is 3. The van der Waals surface area contributed by atoms with Crippen LogP contribution in [0, 0.1) is 5.82 Å². The third kappa shape index (κ3) is 17.0. The SMILES string of the molecule is CC(C)c1c(C(=O)Nc2ccccc2)c(-c2ccccc2)c(-c2ccc(F)cc2)n1CC[C@@H](O)C[C@@H](O)CC(=O)OCCSSCCOC(=O)OC(CCc1ccc(C(C)(C)C)cc1)COc1ccccc1. The summed E-state index contributed by atoms with van der Waals surface area (Å²) in [7, 11) is 2.91. The number of anilines is 1. The molecule has 0 aliphatic carbocycles. The van der Waals surface area contributed by atoms with E-state index in [1.807, 2.05) is 109 Å². The van der Waals surface area contributed by atoms with Gasteiger partial charge in [-0.1, -0.05) is 147 Å². The number of halogens is 1. The molecule has 1 aromatic heterocycles. The quantitative estimate of drug-likeness (QED) is 0.0271. The van der Waals surface area contributed by atoms with Crippen molar-refractivity contribution in [3.8, 4) is 28.1 Å². The van der Waals surface area contributed by atoms with E-state index >= 15 is 0 Å². The normalized spacial score (nSPS) is 12.7. The van der Waals surface area contributed by atoms with Gasteiger partial charge >= 0.3 is 12.1 Å². The summed E-state index contributed by atoms with van der Waals surface area (Å²) in [6.45, 7) is 11.2. The van der Waals surface area contributed by atoms with Crippen LogP contribution in [0.25, 0.3) is 22.4 Å². The summed E-state index contributed by atoms with van der Waals surface area (Å²) < 4.78 is 38.7. The van der Waals surface area contributed by atoms with Crippen LogP contribution in [0.4, 0.5) is 14.9 Å². The van der Waals surface area contributed by atoms with E-state index in [0.717, 1.165) is 16.8 Å². The van der Waals surface area contributed by atoms with Crippen LogP contribution < -0.4 is 10.1 Å². The Morgan fingerprint density at radius 1 is 0.722 bits per heavy atom. The second-order valence-corrected chi connectivity index (χ2v) is 21.5. The largest absolute Gasteiger partial charge is 0.508 e. The molecule has 0 bridgehead atoms. The number of rotatable bonds is 26. The van der Waals surface area contributed by atoms with E-state index in [1.54, 1.807) is 12.1 Å². The zero-order valence-corrected chi connectivity index (χ0v) is 43.4. The highest BCUT2D eigenvalue weighted by atomic mass is 33.1. The number of para-hydroxylation sites is 2. The van der Waals surface area contributed by atoms with Gasteiger partial charge in [-0.3, -0.25) is 9.59 Å². The number of aryl methyl sites for hydroxylation is 1. The maximum atomic E-state index is 14.4. The highest BCUT2D eigenvalue weighted by molar-refractivity contribution is 8.76. The molecular formula is C58H67FN2O9S2. The number of aliphatic hydroxyl groups excluding tert-OH is 2. The number of carbonyl (C=O) groups excluding carboxylic acids is 3. The number of benzene rings is 5. The topological polar surface area (TPSA) is 146 Å². The molecule has 5 aromatic carbocycles. The highest BCUT2D eigenvalue weighted by Gasteiger charge is 2.31. The van der Waals surface area contributed by atoms with Gasteiger partial charge in [-0.15, -0.1) is 0 Å². The van der Waals surface area contributed by atoms with Gasteiger partial charge in [-0.05, 0) is 108 Å². The number of aromatic nitrogens is 1. The van der Waals surface area contributed by atoms with Crippen LogP contribution in [0.5, 0.6) is 5.75 Å².